The molecule has 2 aromatic rings. The molecule has 0 spiro atoms. The van der Waals surface area contributed by atoms with E-state index in [2.05, 4.69) is 152 Å². The van der Waals surface area contributed by atoms with Crippen molar-refractivity contribution in [3.8, 4) is 0 Å². The first-order valence-electron chi connectivity index (χ1n) is 34.5. The van der Waals surface area contributed by atoms with E-state index in [9.17, 15) is 9.59 Å². The molecule has 0 saturated heterocycles. The highest BCUT2D eigenvalue weighted by Gasteiger charge is 2.17. The molecule has 0 aliphatic carbocycles. The molecule has 8 nitrogen and oxygen atoms in total. The third-order valence-corrected chi connectivity index (χ3v) is 20.7. The van der Waals surface area contributed by atoms with Crippen molar-refractivity contribution in [1.29, 1.82) is 0 Å². The molecule has 4 unspecified atom stereocenters. The number of unbranched alkanes of at least 4 members (excludes halogenated alkanes) is 22. The third-order valence-electron chi connectivity index (χ3n) is 16.4. The quantitative estimate of drug-likeness (QED) is 0.0393. The van der Waals surface area contributed by atoms with Crippen molar-refractivity contribution in [2.45, 2.75) is 308 Å². The van der Waals surface area contributed by atoms with Crippen LogP contribution >= 0.6 is 32.0 Å². The van der Waals surface area contributed by atoms with E-state index in [1.165, 1.54) is 202 Å². The van der Waals surface area contributed by atoms with Gasteiger partial charge in [-0.2, -0.15) is 23.5 Å². The number of benzene rings is 2. The summed E-state index contributed by atoms with van der Waals surface area (Å²) in [4.78, 5) is 27.6. The number of ether oxygens (including phenoxy) is 2. The van der Waals surface area contributed by atoms with Crippen LogP contribution in [0.3, 0.4) is 0 Å². The Hall–Kier alpha value is -1.65. The summed E-state index contributed by atoms with van der Waals surface area (Å²) in [7, 11) is 3.18. The molecule has 0 aromatic heterocycles. The highest BCUT2D eigenvalue weighted by atomic mass is 32.2. The van der Waals surface area contributed by atoms with E-state index in [1.807, 2.05) is 0 Å². The van der Waals surface area contributed by atoms with Crippen LogP contribution in [0.25, 0.3) is 0 Å². The minimum absolute atomic E-state index is 0.0717. The average Bonchev–Trinajstić information content (AvgIpc) is 3.46. The van der Waals surface area contributed by atoms with Crippen molar-refractivity contribution in [1.82, 2.24) is 9.99 Å². The molecule has 2 rings (SSSR count). The molecule has 4 atom stereocenters. The van der Waals surface area contributed by atoms with Gasteiger partial charge in [-0.05, 0) is 123 Å². The van der Waals surface area contributed by atoms with Crippen LogP contribution in [0.1, 0.15) is 320 Å². The molecule has 2 aromatic carbocycles. The van der Waals surface area contributed by atoms with Gasteiger partial charge in [0.25, 0.3) is 8.53 Å². The molecule has 480 valence electrons. The standard InChI is InChI=1S/C72H129N2O6PS2/c1-11-13-15-17-25-31-39-69(82-57-37-53-77-71(75)59-63(7)67-47-43-65(44-48-67)61(3)4)41-33-27-21-19-23-29-35-55-79-81(73-51-52-74(9)10)80-56-36-30-24-20-22-28-34-42-70(40-32-26-18-16-14-12-2)83-58-38-54-78-72(76)60-64(8)68-49-45-66(46-50-68)62(5)6/h43-50,61-64,69-70,73H,11-42,51-60H2,1-10H3. The van der Waals surface area contributed by atoms with E-state index in [0.717, 1.165) is 74.0 Å². The van der Waals surface area contributed by atoms with Crippen molar-refractivity contribution in [2.24, 2.45) is 0 Å². The lowest BCUT2D eigenvalue weighted by atomic mass is 9.94. The molecule has 83 heavy (non-hydrogen) atoms. The lowest BCUT2D eigenvalue weighted by Crippen LogP contribution is -2.24. The van der Waals surface area contributed by atoms with Crippen LogP contribution in [-0.4, -0.2) is 92.5 Å². The van der Waals surface area contributed by atoms with Crippen LogP contribution in [-0.2, 0) is 28.1 Å². The van der Waals surface area contributed by atoms with Gasteiger partial charge in [0.15, 0.2) is 0 Å². The number of thioether (sulfide) groups is 2. The Morgan fingerprint density at radius 2 is 0.747 bits per heavy atom. The summed E-state index contributed by atoms with van der Waals surface area (Å²) in [5, 5.41) is 5.02. The van der Waals surface area contributed by atoms with Gasteiger partial charge in [-0.15, -0.1) is 0 Å². The fourth-order valence-corrected chi connectivity index (χ4v) is 14.4. The van der Waals surface area contributed by atoms with Crippen molar-refractivity contribution in [3.05, 3.63) is 70.8 Å². The molecule has 0 aliphatic rings. The summed E-state index contributed by atoms with van der Waals surface area (Å²) < 4.78 is 24.1. The normalized spacial score (nSPS) is 13.7. The average molecular weight is 1210 g/mol. The van der Waals surface area contributed by atoms with Gasteiger partial charge in [0, 0.05) is 23.6 Å². The van der Waals surface area contributed by atoms with Gasteiger partial charge in [-0.3, -0.25) is 9.59 Å². The fourth-order valence-electron chi connectivity index (χ4n) is 10.7. The fraction of sp³-hybridized carbons (Fsp3) is 0.806. The number of hydrogen-bond donors (Lipinski definition) is 1. The molecule has 1 N–H and O–H groups in total. The highest BCUT2D eigenvalue weighted by Crippen LogP contribution is 2.34. The summed E-state index contributed by atoms with van der Waals surface area (Å²) in [6, 6.07) is 17.5. The van der Waals surface area contributed by atoms with Crippen molar-refractivity contribution < 1.29 is 28.1 Å². The topological polar surface area (TPSA) is 86.3 Å². The largest absolute Gasteiger partial charge is 0.466 e. The Balaban J connectivity index is 1.59. The summed E-state index contributed by atoms with van der Waals surface area (Å²) in [5.41, 5.74) is 5.10. The Labute approximate surface area is 522 Å². The molecule has 0 saturated carbocycles. The van der Waals surface area contributed by atoms with Crippen molar-refractivity contribution in [3.63, 3.8) is 0 Å². The lowest BCUT2D eigenvalue weighted by molar-refractivity contribution is -0.144. The van der Waals surface area contributed by atoms with Gasteiger partial charge in [0.1, 0.15) is 0 Å². The van der Waals surface area contributed by atoms with Crippen LogP contribution < -0.4 is 5.09 Å². The van der Waals surface area contributed by atoms with Gasteiger partial charge in [-0.1, -0.05) is 258 Å². The first kappa shape index (κ1) is 77.4. The van der Waals surface area contributed by atoms with E-state index >= 15 is 0 Å². The van der Waals surface area contributed by atoms with E-state index < -0.39 is 8.53 Å². The summed E-state index contributed by atoms with van der Waals surface area (Å²) in [6.07, 6.45) is 42.0. The maximum absolute atomic E-state index is 12.7. The Morgan fingerprint density at radius 3 is 1.07 bits per heavy atom. The SMILES string of the molecule is CCCCCCCCC(CCCCCCCCCOP(NCCN(C)C)OCCCCCCCCCC(CCCCCCCC)SCCCOC(=O)CC(C)c1ccc(C(C)C)cc1)SCCCOC(=O)CC(C)c1ccc(C(C)C)cc1. The highest BCUT2D eigenvalue weighted by molar-refractivity contribution is 8.00. The minimum atomic E-state index is -1.06. The van der Waals surface area contributed by atoms with Crippen molar-refractivity contribution >= 4 is 44.0 Å². The second-order valence-corrected chi connectivity index (χ2v) is 29.4. The number of esters is 2. The smallest absolute Gasteiger partial charge is 0.306 e. The van der Waals surface area contributed by atoms with Gasteiger partial charge in [0.05, 0.1) is 39.3 Å². The second kappa shape index (κ2) is 53.4. The molecule has 0 radical (unpaired) electrons. The van der Waals surface area contributed by atoms with Crippen molar-refractivity contribution in [2.75, 3.05) is 65.1 Å². The number of rotatable bonds is 58. The number of hydrogen-bond acceptors (Lipinski definition) is 10. The van der Waals surface area contributed by atoms with Crippen LogP contribution in [0.2, 0.25) is 0 Å². The minimum Gasteiger partial charge on any atom is -0.466 e. The zero-order valence-corrected chi connectivity index (χ0v) is 58.0. The molecule has 0 heterocycles. The summed E-state index contributed by atoms with van der Waals surface area (Å²) in [5.74, 6) is 3.38. The van der Waals surface area contributed by atoms with Crippen LogP contribution in [0.4, 0.5) is 0 Å². The monoisotopic (exact) mass is 1210 g/mol. The third kappa shape index (κ3) is 43.6. The zero-order valence-electron chi connectivity index (χ0n) is 55.4. The number of likely N-dealkylation sites (N-methyl/N-ethyl adjacent to an activating group) is 1. The maximum Gasteiger partial charge on any atom is 0.306 e. The number of nitrogens with one attached hydrogen (secondary N) is 1. The van der Waals surface area contributed by atoms with E-state index in [-0.39, 0.29) is 23.8 Å². The Bertz CT molecular complexity index is 1660. The van der Waals surface area contributed by atoms with Gasteiger partial charge >= 0.3 is 11.9 Å². The molecule has 0 fully saturated rings. The van der Waals surface area contributed by atoms with E-state index in [4.69, 9.17) is 18.5 Å². The summed E-state index contributed by atoms with van der Waals surface area (Å²) >= 11 is 4.26. The Morgan fingerprint density at radius 1 is 0.434 bits per heavy atom. The number of carbonyl (C=O) groups is 2. The molecule has 0 amide bonds. The molecule has 11 heteroatoms. The zero-order chi connectivity index (χ0) is 60.4. The molecule has 0 bridgehead atoms. The van der Waals surface area contributed by atoms with Crippen LogP contribution in [0, 0.1) is 0 Å². The number of carbonyl (C=O) groups excluding carboxylic acids is 2. The molecular formula is C72H129N2O6PS2. The predicted octanol–water partition coefficient (Wildman–Crippen LogP) is 21.8. The lowest BCUT2D eigenvalue weighted by Gasteiger charge is -2.19. The first-order valence-corrected chi connectivity index (χ1v) is 37.8. The van der Waals surface area contributed by atoms with Gasteiger partial charge in [-0.25, -0.2) is 5.09 Å². The molecule has 0 aliphatic heterocycles. The van der Waals surface area contributed by atoms with Crippen LogP contribution in [0.5, 0.6) is 0 Å². The number of nitrogens with zero attached hydrogens (tertiary/aromatic N) is 1. The summed E-state index contributed by atoms with van der Waals surface area (Å²) in [6.45, 7) is 22.2. The van der Waals surface area contributed by atoms with Crippen LogP contribution in [0.15, 0.2) is 48.5 Å². The van der Waals surface area contributed by atoms with E-state index in [0.29, 0.717) is 37.9 Å². The van der Waals surface area contributed by atoms with Gasteiger partial charge in [0.2, 0.25) is 0 Å². The predicted molar refractivity (Wildman–Crippen MR) is 366 cm³/mol. The second-order valence-electron chi connectivity index (χ2n) is 25.3. The maximum atomic E-state index is 12.7. The molecular weight excluding hydrogens is 1080 g/mol. The van der Waals surface area contributed by atoms with E-state index in [1.54, 1.807) is 0 Å². The Kier molecular flexibility index (Phi) is 49.8. The van der Waals surface area contributed by atoms with Gasteiger partial charge < -0.3 is 23.4 Å². The first-order chi connectivity index (χ1) is 40.3.